The molecule has 0 aliphatic heterocycles. The standard InChI is InChI=1S/C12H16N2O3/c1-16-12(15)17-10-5-3-2-4-8-6-9(13)7-14-11(8)10/h6-7,10H,2-5,13H2,1H3. The molecule has 0 radical (unpaired) electrons. The third kappa shape index (κ3) is 2.67. The van der Waals surface area contributed by atoms with Gasteiger partial charge in [0, 0.05) is 0 Å². The van der Waals surface area contributed by atoms with E-state index in [2.05, 4.69) is 9.72 Å². The first-order chi connectivity index (χ1) is 8.20. The number of pyridine rings is 1. The van der Waals surface area contributed by atoms with Crippen LogP contribution in [0.3, 0.4) is 0 Å². The van der Waals surface area contributed by atoms with Crippen LogP contribution in [0.1, 0.15) is 36.6 Å². The van der Waals surface area contributed by atoms with E-state index in [-0.39, 0.29) is 6.10 Å². The molecule has 5 heteroatoms. The number of carbonyl (C=O) groups excluding carboxylic acids is 1. The summed E-state index contributed by atoms with van der Waals surface area (Å²) in [6.07, 6.45) is 4.37. The van der Waals surface area contributed by atoms with E-state index in [4.69, 9.17) is 10.5 Å². The summed E-state index contributed by atoms with van der Waals surface area (Å²) in [4.78, 5) is 15.5. The number of nitrogens with two attached hydrogens (primary N) is 1. The first-order valence-electron chi connectivity index (χ1n) is 5.69. The molecule has 0 saturated carbocycles. The zero-order valence-corrected chi connectivity index (χ0v) is 9.81. The van der Waals surface area contributed by atoms with Gasteiger partial charge in [-0.05, 0) is 37.3 Å². The molecular formula is C12H16N2O3. The van der Waals surface area contributed by atoms with Crippen LogP contribution in [0.4, 0.5) is 10.5 Å². The van der Waals surface area contributed by atoms with E-state index in [1.54, 1.807) is 6.20 Å². The summed E-state index contributed by atoms with van der Waals surface area (Å²) in [5, 5.41) is 0. The maximum Gasteiger partial charge on any atom is 0.508 e. The summed E-state index contributed by atoms with van der Waals surface area (Å²) in [5.41, 5.74) is 8.23. The normalized spacial score (nSPS) is 19.0. The monoisotopic (exact) mass is 236 g/mol. The van der Waals surface area contributed by atoms with E-state index < -0.39 is 6.16 Å². The molecule has 1 aromatic rings. The molecule has 0 spiro atoms. The predicted molar refractivity (Wildman–Crippen MR) is 62.4 cm³/mol. The second kappa shape index (κ2) is 5.03. The fraction of sp³-hybridized carbons (Fsp3) is 0.500. The van der Waals surface area contributed by atoms with E-state index in [0.29, 0.717) is 5.69 Å². The van der Waals surface area contributed by atoms with Gasteiger partial charge < -0.3 is 15.2 Å². The number of hydrogen-bond acceptors (Lipinski definition) is 5. The molecule has 1 atom stereocenters. The van der Waals surface area contributed by atoms with Gasteiger partial charge in [-0.2, -0.15) is 0 Å². The number of ether oxygens (including phenoxy) is 2. The Labute approximate surface area is 99.9 Å². The summed E-state index contributed by atoms with van der Waals surface area (Å²) in [6, 6.07) is 1.90. The van der Waals surface area contributed by atoms with Crippen molar-refractivity contribution in [2.75, 3.05) is 12.8 Å². The molecule has 17 heavy (non-hydrogen) atoms. The van der Waals surface area contributed by atoms with Gasteiger partial charge in [-0.15, -0.1) is 0 Å². The van der Waals surface area contributed by atoms with Crippen LogP contribution < -0.4 is 5.73 Å². The van der Waals surface area contributed by atoms with Crippen molar-refractivity contribution < 1.29 is 14.3 Å². The Morgan fingerprint density at radius 1 is 1.53 bits per heavy atom. The Balaban J connectivity index is 2.26. The maximum atomic E-state index is 11.2. The number of aryl methyl sites for hydroxylation is 1. The zero-order chi connectivity index (χ0) is 12.3. The number of carbonyl (C=O) groups is 1. The highest BCUT2D eigenvalue weighted by Gasteiger charge is 2.24. The molecule has 92 valence electrons. The maximum absolute atomic E-state index is 11.2. The fourth-order valence-corrected chi connectivity index (χ4v) is 2.09. The molecule has 0 bridgehead atoms. The van der Waals surface area contributed by atoms with Gasteiger partial charge in [-0.25, -0.2) is 4.79 Å². The quantitative estimate of drug-likeness (QED) is 0.597. The molecule has 0 saturated heterocycles. The summed E-state index contributed by atoms with van der Waals surface area (Å²) in [6.45, 7) is 0. The predicted octanol–water partition coefficient (Wildman–Crippen LogP) is 2.21. The number of hydrogen-bond donors (Lipinski definition) is 1. The molecule has 1 unspecified atom stereocenters. The Hall–Kier alpha value is -1.78. The summed E-state index contributed by atoms with van der Waals surface area (Å²) in [7, 11) is 1.30. The summed E-state index contributed by atoms with van der Waals surface area (Å²) < 4.78 is 9.74. The van der Waals surface area contributed by atoms with Crippen molar-refractivity contribution in [3.8, 4) is 0 Å². The van der Waals surface area contributed by atoms with Crippen molar-refractivity contribution in [2.45, 2.75) is 31.8 Å². The van der Waals surface area contributed by atoms with Crippen molar-refractivity contribution in [1.82, 2.24) is 4.98 Å². The van der Waals surface area contributed by atoms with Gasteiger partial charge in [0.2, 0.25) is 0 Å². The number of rotatable bonds is 1. The van der Waals surface area contributed by atoms with Gasteiger partial charge in [0.25, 0.3) is 0 Å². The first-order valence-corrected chi connectivity index (χ1v) is 5.69. The average molecular weight is 236 g/mol. The third-order valence-corrected chi connectivity index (χ3v) is 2.90. The van der Waals surface area contributed by atoms with Gasteiger partial charge >= 0.3 is 6.16 Å². The molecule has 0 aromatic carbocycles. The third-order valence-electron chi connectivity index (χ3n) is 2.90. The molecular weight excluding hydrogens is 220 g/mol. The number of methoxy groups -OCH3 is 1. The number of aromatic nitrogens is 1. The average Bonchev–Trinajstić information content (AvgIpc) is 2.51. The Bertz CT molecular complexity index is 420. The highest BCUT2D eigenvalue weighted by atomic mass is 16.7. The Kier molecular flexibility index (Phi) is 3.46. The van der Waals surface area contributed by atoms with Gasteiger partial charge in [-0.1, -0.05) is 0 Å². The van der Waals surface area contributed by atoms with Crippen LogP contribution in [0.5, 0.6) is 0 Å². The van der Waals surface area contributed by atoms with E-state index in [9.17, 15) is 4.79 Å². The highest BCUT2D eigenvalue weighted by molar-refractivity contribution is 5.60. The van der Waals surface area contributed by atoms with Crippen molar-refractivity contribution in [2.24, 2.45) is 0 Å². The van der Waals surface area contributed by atoms with Crippen molar-refractivity contribution in [3.05, 3.63) is 23.5 Å². The minimum atomic E-state index is -0.665. The fourth-order valence-electron chi connectivity index (χ4n) is 2.09. The van der Waals surface area contributed by atoms with E-state index in [1.807, 2.05) is 6.07 Å². The molecule has 0 amide bonds. The lowest BCUT2D eigenvalue weighted by atomic mass is 10.1. The van der Waals surface area contributed by atoms with E-state index >= 15 is 0 Å². The molecule has 2 rings (SSSR count). The molecule has 0 fully saturated rings. The van der Waals surface area contributed by atoms with Crippen LogP contribution in [0.25, 0.3) is 0 Å². The molecule has 1 heterocycles. The van der Waals surface area contributed by atoms with Crippen LogP contribution in [-0.4, -0.2) is 18.2 Å². The highest BCUT2D eigenvalue weighted by Crippen LogP contribution is 2.30. The zero-order valence-electron chi connectivity index (χ0n) is 9.81. The topological polar surface area (TPSA) is 74.4 Å². The largest absolute Gasteiger partial charge is 0.508 e. The molecule has 1 aliphatic carbocycles. The second-order valence-corrected chi connectivity index (χ2v) is 4.12. The van der Waals surface area contributed by atoms with Gasteiger partial charge in [-0.3, -0.25) is 4.98 Å². The number of fused-ring (bicyclic) bond motifs is 1. The minimum Gasteiger partial charge on any atom is -0.438 e. The molecule has 5 nitrogen and oxygen atoms in total. The minimum absolute atomic E-state index is 0.319. The Morgan fingerprint density at radius 2 is 2.35 bits per heavy atom. The smallest absolute Gasteiger partial charge is 0.438 e. The van der Waals surface area contributed by atoms with Crippen LogP contribution in [0.15, 0.2) is 12.3 Å². The summed E-state index contributed by atoms with van der Waals surface area (Å²) in [5.74, 6) is 0. The number of anilines is 1. The van der Waals surface area contributed by atoms with Crippen molar-refractivity contribution in [3.63, 3.8) is 0 Å². The lowest BCUT2D eigenvalue weighted by molar-refractivity contribution is 0.0314. The van der Waals surface area contributed by atoms with Gasteiger partial charge in [0.05, 0.1) is 24.7 Å². The van der Waals surface area contributed by atoms with E-state index in [0.717, 1.165) is 36.9 Å². The number of nitrogen functional groups attached to an aromatic ring is 1. The second-order valence-electron chi connectivity index (χ2n) is 4.12. The lowest BCUT2D eigenvalue weighted by Crippen LogP contribution is -2.13. The van der Waals surface area contributed by atoms with E-state index in [1.165, 1.54) is 7.11 Å². The van der Waals surface area contributed by atoms with Gasteiger partial charge in [0.1, 0.15) is 6.10 Å². The van der Waals surface area contributed by atoms with Crippen LogP contribution in [-0.2, 0) is 15.9 Å². The molecule has 1 aliphatic rings. The Morgan fingerprint density at radius 3 is 3.12 bits per heavy atom. The van der Waals surface area contributed by atoms with Crippen LogP contribution in [0.2, 0.25) is 0 Å². The SMILES string of the molecule is COC(=O)OC1CCCCc2cc(N)cnc21. The molecule has 1 aromatic heterocycles. The number of nitrogens with zero attached hydrogens (tertiary/aromatic N) is 1. The van der Waals surface area contributed by atoms with Crippen molar-refractivity contribution >= 4 is 11.8 Å². The van der Waals surface area contributed by atoms with Crippen LogP contribution >= 0.6 is 0 Å². The molecule has 2 N–H and O–H groups in total. The van der Waals surface area contributed by atoms with Crippen LogP contribution in [0, 0.1) is 0 Å². The summed E-state index contributed by atoms with van der Waals surface area (Å²) >= 11 is 0. The first kappa shape index (κ1) is 11.7. The van der Waals surface area contributed by atoms with Crippen molar-refractivity contribution in [1.29, 1.82) is 0 Å². The van der Waals surface area contributed by atoms with Gasteiger partial charge in [0.15, 0.2) is 0 Å². The lowest BCUT2D eigenvalue weighted by Gasteiger charge is -2.16.